The molecule has 0 aliphatic rings. The first kappa shape index (κ1) is 8.19. The van der Waals surface area contributed by atoms with Gasteiger partial charge in [-0.1, -0.05) is 0 Å². The van der Waals surface area contributed by atoms with E-state index in [9.17, 15) is 0 Å². The van der Waals surface area contributed by atoms with E-state index >= 15 is 0 Å². The van der Waals surface area contributed by atoms with Crippen LogP contribution in [-0.2, 0) is 11.3 Å². The number of hydrogen-bond donors (Lipinski definition) is 1. The minimum atomic E-state index is 0.521. The van der Waals surface area contributed by atoms with E-state index in [0.29, 0.717) is 13.2 Å². The smallest absolute Gasteiger partial charge is 0.177 e. The van der Waals surface area contributed by atoms with Gasteiger partial charge in [-0.2, -0.15) is 0 Å². The highest BCUT2D eigenvalue weighted by Gasteiger charge is 2.01. The maximum Gasteiger partial charge on any atom is 0.177 e. The molecule has 0 spiro atoms. The number of nitrogens with one attached hydrogen (secondary N) is 1. The zero-order chi connectivity index (χ0) is 9.10. The Bertz CT molecular complexity index is 363. The van der Waals surface area contributed by atoms with Crippen LogP contribution in [-0.4, -0.2) is 21.6 Å². The summed E-state index contributed by atoms with van der Waals surface area (Å²) in [5, 5.41) is 0. The number of H-pyrrole nitrogens is 1. The van der Waals surface area contributed by atoms with E-state index in [-0.39, 0.29) is 0 Å². The molecule has 13 heavy (non-hydrogen) atoms. The normalized spacial score (nSPS) is 10.8. The van der Waals surface area contributed by atoms with Gasteiger partial charge in [0.1, 0.15) is 12.4 Å². The number of aromatic nitrogens is 3. The average molecular weight is 177 g/mol. The van der Waals surface area contributed by atoms with Crippen molar-refractivity contribution in [3.05, 3.63) is 24.2 Å². The Kier molecular flexibility index (Phi) is 2.23. The third-order valence-corrected chi connectivity index (χ3v) is 1.75. The summed E-state index contributed by atoms with van der Waals surface area (Å²) >= 11 is 0. The fraction of sp³-hybridized carbons (Fsp3) is 0.333. The quantitative estimate of drug-likeness (QED) is 0.772. The summed E-state index contributed by atoms with van der Waals surface area (Å²) in [4.78, 5) is 11.5. The monoisotopic (exact) mass is 177 g/mol. The molecule has 0 saturated heterocycles. The Morgan fingerprint density at radius 3 is 3.23 bits per heavy atom. The number of fused-ring (bicyclic) bond motifs is 1. The molecular formula is C9H11N3O. The molecule has 0 fully saturated rings. The highest BCUT2D eigenvalue weighted by molar-refractivity contribution is 5.69. The molecule has 4 heteroatoms. The van der Waals surface area contributed by atoms with Gasteiger partial charge in [-0.3, -0.25) is 0 Å². The zero-order valence-corrected chi connectivity index (χ0v) is 7.45. The largest absolute Gasteiger partial charge is 0.374 e. The first-order chi connectivity index (χ1) is 6.40. The molecule has 0 atom stereocenters. The summed E-state index contributed by atoms with van der Waals surface area (Å²) in [5.41, 5.74) is 1.70. The molecule has 0 amide bonds. The van der Waals surface area contributed by atoms with Crippen molar-refractivity contribution in [2.75, 3.05) is 6.61 Å². The van der Waals surface area contributed by atoms with Gasteiger partial charge in [0.15, 0.2) is 5.65 Å². The Morgan fingerprint density at radius 2 is 2.46 bits per heavy atom. The first-order valence-corrected chi connectivity index (χ1v) is 4.27. The molecule has 2 aromatic heterocycles. The second kappa shape index (κ2) is 3.53. The Labute approximate surface area is 76.0 Å². The van der Waals surface area contributed by atoms with Crippen molar-refractivity contribution in [2.24, 2.45) is 0 Å². The van der Waals surface area contributed by atoms with Crippen molar-refractivity contribution in [1.82, 2.24) is 15.0 Å². The van der Waals surface area contributed by atoms with E-state index in [1.54, 1.807) is 6.20 Å². The summed E-state index contributed by atoms with van der Waals surface area (Å²) in [6.45, 7) is 3.18. The van der Waals surface area contributed by atoms with Crippen molar-refractivity contribution in [2.45, 2.75) is 13.5 Å². The average Bonchev–Trinajstić information content (AvgIpc) is 2.57. The number of ether oxygens (including phenoxy) is 1. The Hall–Kier alpha value is -1.42. The second-order valence-electron chi connectivity index (χ2n) is 2.70. The number of imidazole rings is 1. The predicted octanol–water partition coefficient (Wildman–Crippen LogP) is 1.49. The van der Waals surface area contributed by atoms with Gasteiger partial charge in [0.2, 0.25) is 0 Å². The molecule has 0 radical (unpaired) electrons. The van der Waals surface area contributed by atoms with Gasteiger partial charge in [0.25, 0.3) is 0 Å². The molecule has 0 bridgehead atoms. The fourth-order valence-corrected chi connectivity index (χ4v) is 1.16. The zero-order valence-electron chi connectivity index (χ0n) is 7.45. The van der Waals surface area contributed by atoms with Crippen LogP contribution >= 0.6 is 0 Å². The molecule has 1 N–H and O–H groups in total. The van der Waals surface area contributed by atoms with E-state index in [4.69, 9.17) is 4.74 Å². The molecule has 2 heterocycles. The lowest BCUT2D eigenvalue weighted by molar-refractivity contribution is 0.129. The summed E-state index contributed by atoms with van der Waals surface area (Å²) in [7, 11) is 0. The lowest BCUT2D eigenvalue weighted by atomic mass is 10.4. The summed E-state index contributed by atoms with van der Waals surface area (Å²) in [6.07, 6.45) is 1.73. The topological polar surface area (TPSA) is 50.8 Å². The van der Waals surface area contributed by atoms with Gasteiger partial charge in [0.05, 0.1) is 5.52 Å². The fourth-order valence-electron chi connectivity index (χ4n) is 1.16. The van der Waals surface area contributed by atoms with Gasteiger partial charge in [-0.15, -0.1) is 0 Å². The Morgan fingerprint density at radius 1 is 1.54 bits per heavy atom. The molecule has 2 rings (SSSR count). The van der Waals surface area contributed by atoms with Crippen LogP contribution in [0, 0.1) is 0 Å². The maximum absolute atomic E-state index is 5.23. The lowest BCUT2D eigenvalue weighted by Gasteiger charge is -1.94. The van der Waals surface area contributed by atoms with E-state index < -0.39 is 0 Å². The molecular weight excluding hydrogens is 166 g/mol. The van der Waals surface area contributed by atoms with Crippen LogP contribution in [0.25, 0.3) is 11.2 Å². The molecule has 0 unspecified atom stereocenters. The van der Waals surface area contributed by atoms with Crippen molar-refractivity contribution in [3.63, 3.8) is 0 Å². The van der Waals surface area contributed by atoms with Crippen LogP contribution in [0.15, 0.2) is 18.3 Å². The minimum Gasteiger partial charge on any atom is -0.374 e. The van der Waals surface area contributed by atoms with Crippen LogP contribution in [0.2, 0.25) is 0 Å². The van der Waals surface area contributed by atoms with Crippen molar-refractivity contribution in [3.8, 4) is 0 Å². The van der Waals surface area contributed by atoms with Crippen molar-refractivity contribution < 1.29 is 4.74 Å². The maximum atomic E-state index is 5.23. The van der Waals surface area contributed by atoms with Gasteiger partial charge < -0.3 is 9.72 Å². The number of hydrogen-bond acceptors (Lipinski definition) is 3. The number of aromatic amines is 1. The van der Waals surface area contributed by atoms with Gasteiger partial charge in [-0.05, 0) is 19.1 Å². The number of pyridine rings is 1. The summed E-state index contributed by atoms with van der Waals surface area (Å²) in [5.74, 6) is 0.829. The van der Waals surface area contributed by atoms with Crippen LogP contribution in [0.4, 0.5) is 0 Å². The summed E-state index contributed by atoms with van der Waals surface area (Å²) in [6, 6.07) is 3.83. The van der Waals surface area contributed by atoms with Gasteiger partial charge in [-0.25, -0.2) is 9.97 Å². The van der Waals surface area contributed by atoms with Crippen LogP contribution in [0.1, 0.15) is 12.7 Å². The molecule has 2 aromatic rings. The van der Waals surface area contributed by atoms with Crippen LogP contribution in [0.5, 0.6) is 0 Å². The highest BCUT2D eigenvalue weighted by atomic mass is 16.5. The molecule has 0 saturated carbocycles. The van der Waals surface area contributed by atoms with E-state index in [2.05, 4.69) is 15.0 Å². The predicted molar refractivity (Wildman–Crippen MR) is 49.2 cm³/mol. The molecule has 0 aromatic carbocycles. The van der Waals surface area contributed by atoms with Gasteiger partial charge >= 0.3 is 0 Å². The van der Waals surface area contributed by atoms with E-state index in [1.807, 2.05) is 19.1 Å². The molecule has 0 aliphatic heterocycles. The lowest BCUT2D eigenvalue weighted by Crippen LogP contribution is -1.93. The first-order valence-electron chi connectivity index (χ1n) is 4.27. The third kappa shape index (κ3) is 1.67. The highest BCUT2D eigenvalue weighted by Crippen LogP contribution is 2.07. The molecule has 0 aliphatic carbocycles. The van der Waals surface area contributed by atoms with Crippen LogP contribution < -0.4 is 0 Å². The second-order valence-corrected chi connectivity index (χ2v) is 2.70. The number of nitrogens with zero attached hydrogens (tertiary/aromatic N) is 2. The Balaban J connectivity index is 2.28. The molecule has 4 nitrogen and oxygen atoms in total. The number of rotatable bonds is 3. The third-order valence-electron chi connectivity index (χ3n) is 1.75. The van der Waals surface area contributed by atoms with E-state index in [1.165, 1.54) is 0 Å². The van der Waals surface area contributed by atoms with E-state index in [0.717, 1.165) is 17.0 Å². The van der Waals surface area contributed by atoms with Gasteiger partial charge in [0, 0.05) is 12.8 Å². The minimum absolute atomic E-state index is 0.521. The van der Waals surface area contributed by atoms with Crippen molar-refractivity contribution in [1.29, 1.82) is 0 Å². The molecule has 68 valence electrons. The van der Waals surface area contributed by atoms with Crippen LogP contribution in [0.3, 0.4) is 0 Å². The SMILES string of the molecule is CCOCc1nc2ncccc2[nH]1. The standard InChI is InChI=1S/C9H11N3O/c1-2-13-6-8-11-7-4-3-5-10-9(7)12-8/h3-5H,2,6H2,1H3,(H,10,11,12). The van der Waals surface area contributed by atoms with Crippen molar-refractivity contribution >= 4 is 11.2 Å². The summed E-state index contributed by atoms with van der Waals surface area (Å²) < 4.78 is 5.23.